The molecule has 0 spiro atoms. The van der Waals surface area contributed by atoms with E-state index in [9.17, 15) is 28.0 Å². The number of nitrogens with one attached hydrogen (secondary N) is 2. The van der Waals surface area contributed by atoms with Crippen molar-refractivity contribution >= 4 is 23.6 Å². The van der Waals surface area contributed by atoms with Crippen LogP contribution in [0.25, 0.3) is 0 Å². The van der Waals surface area contributed by atoms with Gasteiger partial charge in [-0.3, -0.25) is 29.5 Å². The number of ether oxygens (including phenoxy) is 1. The smallest absolute Gasteiger partial charge is 0.369 e. The van der Waals surface area contributed by atoms with E-state index in [4.69, 9.17) is 4.74 Å². The summed E-state index contributed by atoms with van der Waals surface area (Å²) in [7, 11) is 0. The molecule has 2 N–H and O–H groups in total. The quantitative estimate of drug-likeness (QED) is 0.592. The minimum absolute atomic E-state index is 0.139. The molecule has 11 heteroatoms. The number of alkyl halides is 2. The van der Waals surface area contributed by atoms with E-state index in [1.165, 1.54) is 23.1 Å². The van der Waals surface area contributed by atoms with Gasteiger partial charge in [0.2, 0.25) is 11.8 Å². The van der Waals surface area contributed by atoms with Crippen LogP contribution in [0.5, 0.6) is 5.75 Å². The molecule has 0 radical (unpaired) electrons. The van der Waals surface area contributed by atoms with Crippen molar-refractivity contribution in [2.45, 2.75) is 44.8 Å². The van der Waals surface area contributed by atoms with Gasteiger partial charge >= 0.3 is 5.92 Å². The molecule has 0 saturated carbocycles. The molecule has 0 aliphatic carbocycles. The number of piperidine rings is 1. The molecule has 178 valence electrons. The van der Waals surface area contributed by atoms with Crippen LogP contribution in [0.2, 0.25) is 0 Å². The van der Waals surface area contributed by atoms with Gasteiger partial charge in [0.15, 0.2) is 5.69 Å². The van der Waals surface area contributed by atoms with Crippen LogP contribution in [-0.2, 0) is 33.4 Å². The first-order chi connectivity index (χ1) is 16.2. The summed E-state index contributed by atoms with van der Waals surface area (Å²) in [5.41, 5.74) is 0.733. The average molecular weight is 472 g/mol. The molecule has 2 aliphatic heterocycles. The highest BCUT2D eigenvalue weighted by molar-refractivity contribution is 6.05. The molecule has 0 unspecified atom stereocenters. The number of imide groups is 1. The van der Waals surface area contributed by atoms with Crippen LogP contribution in [-0.4, -0.2) is 46.2 Å². The van der Waals surface area contributed by atoms with E-state index in [-0.39, 0.29) is 50.1 Å². The molecule has 4 rings (SSSR count). The van der Waals surface area contributed by atoms with E-state index in [2.05, 4.69) is 15.6 Å². The van der Waals surface area contributed by atoms with E-state index in [0.717, 1.165) is 6.20 Å². The van der Waals surface area contributed by atoms with Crippen molar-refractivity contribution < 1.29 is 32.7 Å². The highest BCUT2D eigenvalue weighted by Gasteiger charge is 2.45. The second-order valence-corrected chi connectivity index (χ2v) is 7.93. The molecular weight excluding hydrogens is 450 g/mol. The van der Waals surface area contributed by atoms with Crippen LogP contribution in [0.4, 0.5) is 8.78 Å². The minimum Gasteiger partial charge on any atom is -0.492 e. The number of amides is 4. The number of pyridine rings is 1. The number of benzene rings is 1. The molecule has 4 amide bonds. The number of carbonyl (C=O) groups excluding carboxylic acids is 4. The van der Waals surface area contributed by atoms with Crippen molar-refractivity contribution in [1.29, 1.82) is 0 Å². The van der Waals surface area contributed by atoms with Crippen LogP contribution in [0.1, 0.15) is 46.9 Å². The number of rotatable bonds is 7. The Morgan fingerprint density at radius 3 is 2.82 bits per heavy atom. The van der Waals surface area contributed by atoms with Crippen molar-refractivity contribution in [3.8, 4) is 5.75 Å². The van der Waals surface area contributed by atoms with E-state index in [1.54, 1.807) is 19.1 Å². The van der Waals surface area contributed by atoms with Gasteiger partial charge in [-0.05, 0) is 42.7 Å². The number of nitrogens with zero attached hydrogens (tertiary/aromatic N) is 2. The van der Waals surface area contributed by atoms with Crippen LogP contribution in [0.3, 0.4) is 0 Å². The fraction of sp³-hybridized carbons (Fsp3) is 0.348. The molecule has 3 heterocycles. The monoisotopic (exact) mass is 472 g/mol. The molecule has 1 aromatic carbocycles. The van der Waals surface area contributed by atoms with Crippen molar-refractivity contribution in [1.82, 2.24) is 20.5 Å². The van der Waals surface area contributed by atoms with E-state index < -0.39 is 29.5 Å². The number of carbonyl (C=O) groups is 4. The zero-order valence-corrected chi connectivity index (χ0v) is 18.3. The summed E-state index contributed by atoms with van der Waals surface area (Å²) in [6.07, 6.45) is 1.54. The first-order valence-electron chi connectivity index (χ1n) is 10.7. The molecule has 0 bridgehead atoms. The van der Waals surface area contributed by atoms with Gasteiger partial charge in [0.25, 0.3) is 11.8 Å². The molecule has 1 atom stereocenters. The predicted octanol–water partition coefficient (Wildman–Crippen LogP) is 1.65. The largest absolute Gasteiger partial charge is 0.492 e. The Morgan fingerprint density at radius 2 is 2.09 bits per heavy atom. The third-order valence-electron chi connectivity index (χ3n) is 5.69. The predicted molar refractivity (Wildman–Crippen MR) is 114 cm³/mol. The van der Waals surface area contributed by atoms with Crippen molar-refractivity contribution in [2.75, 3.05) is 6.61 Å². The van der Waals surface area contributed by atoms with E-state index >= 15 is 0 Å². The van der Waals surface area contributed by atoms with Gasteiger partial charge in [-0.2, -0.15) is 8.78 Å². The highest BCUT2D eigenvalue weighted by Crippen LogP contribution is 2.34. The van der Waals surface area contributed by atoms with Crippen LogP contribution < -0.4 is 15.4 Å². The lowest BCUT2D eigenvalue weighted by Gasteiger charge is -2.29. The van der Waals surface area contributed by atoms with Gasteiger partial charge in [0, 0.05) is 31.3 Å². The zero-order chi connectivity index (χ0) is 24.5. The van der Waals surface area contributed by atoms with Crippen molar-refractivity contribution in [2.24, 2.45) is 0 Å². The Kier molecular flexibility index (Phi) is 6.27. The fourth-order valence-corrected chi connectivity index (χ4v) is 4.04. The van der Waals surface area contributed by atoms with Gasteiger partial charge in [0.1, 0.15) is 11.8 Å². The van der Waals surface area contributed by atoms with Gasteiger partial charge in [-0.25, -0.2) is 0 Å². The summed E-state index contributed by atoms with van der Waals surface area (Å²) in [6.45, 7) is 1.71. The van der Waals surface area contributed by atoms with E-state index in [1.807, 2.05) is 0 Å². The summed E-state index contributed by atoms with van der Waals surface area (Å²) in [4.78, 5) is 53.6. The number of hydrogen-bond acceptors (Lipinski definition) is 6. The molecule has 1 saturated heterocycles. The Balaban J connectivity index is 1.44. The maximum Gasteiger partial charge on any atom is 0.369 e. The topological polar surface area (TPSA) is 118 Å². The SMILES string of the molecule is CCOc1cccnc1C(F)(F)C(=O)NCc1ccc2c(c1)CN([C@@H]1CCC(=O)NC1=O)C2=O. The molecule has 2 aliphatic rings. The molecule has 2 aromatic rings. The maximum atomic E-state index is 14.8. The number of hydrogen-bond donors (Lipinski definition) is 2. The van der Waals surface area contributed by atoms with Crippen LogP contribution in [0, 0.1) is 0 Å². The first-order valence-corrected chi connectivity index (χ1v) is 10.7. The standard InChI is InChI=1S/C23H22F2N4O5/c1-2-34-17-4-3-9-26-19(17)23(24,25)22(33)27-11-13-5-6-15-14(10-13)12-29(21(15)32)16-7-8-18(30)28-20(16)31/h3-6,9-10,16H,2,7-8,11-12H2,1H3,(H,27,33)(H,28,30,31)/t16-/m1/s1. The van der Waals surface area contributed by atoms with Crippen molar-refractivity contribution in [3.05, 3.63) is 58.9 Å². The second-order valence-electron chi connectivity index (χ2n) is 7.93. The maximum absolute atomic E-state index is 14.8. The van der Waals surface area contributed by atoms with Gasteiger partial charge in [-0.15, -0.1) is 0 Å². The lowest BCUT2D eigenvalue weighted by Crippen LogP contribution is -2.52. The summed E-state index contributed by atoms with van der Waals surface area (Å²) in [5.74, 6) is -6.86. The number of fused-ring (bicyclic) bond motifs is 1. The third-order valence-corrected chi connectivity index (χ3v) is 5.69. The Bertz CT molecular complexity index is 1170. The Labute approximate surface area is 193 Å². The molecule has 9 nitrogen and oxygen atoms in total. The first kappa shape index (κ1) is 23.3. The lowest BCUT2D eigenvalue weighted by atomic mass is 10.0. The summed E-state index contributed by atoms with van der Waals surface area (Å²) in [6, 6.07) is 6.72. The van der Waals surface area contributed by atoms with Gasteiger partial charge in [-0.1, -0.05) is 12.1 Å². The molecule has 34 heavy (non-hydrogen) atoms. The van der Waals surface area contributed by atoms with Crippen molar-refractivity contribution in [3.63, 3.8) is 0 Å². The number of halogens is 2. The average Bonchev–Trinajstić information content (AvgIpc) is 3.13. The summed E-state index contributed by atoms with van der Waals surface area (Å²) >= 11 is 0. The summed E-state index contributed by atoms with van der Waals surface area (Å²) < 4.78 is 34.7. The summed E-state index contributed by atoms with van der Waals surface area (Å²) in [5, 5.41) is 4.44. The van der Waals surface area contributed by atoms with Gasteiger partial charge in [0.05, 0.1) is 6.61 Å². The molecule has 1 fully saturated rings. The minimum atomic E-state index is -3.92. The third kappa shape index (κ3) is 4.33. The normalized spacial score (nSPS) is 17.9. The molecule has 1 aromatic heterocycles. The van der Waals surface area contributed by atoms with Gasteiger partial charge < -0.3 is 15.0 Å². The van der Waals surface area contributed by atoms with E-state index in [0.29, 0.717) is 16.7 Å². The lowest BCUT2D eigenvalue weighted by molar-refractivity contribution is -0.148. The fourth-order valence-electron chi connectivity index (χ4n) is 4.04. The van der Waals surface area contributed by atoms with Crippen LogP contribution >= 0.6 is 0 Å². The second kappa shape index (κ2) is 9.16. The number of aromatic nitrogens is 1. The van der Waals surface area contributed by atoms with Crippen LogP contribution in [0.15, 0.2) is 36.5 Å². The molecular formula is C23H22F2N4O5. The Hall–Kier alpha value is -3.89. The highest BCUT2D eigenvalue weighted by atomic mass is 19.3. The zero-order valence-electron chi connectivity index (χ0n) is 18.3. The Morgan fingerprint density at radius 1 is 1.29 bits per heavy atom.